The van der Waals surface area contributed by atoms with Gasteiger partial charge in [0.25, 0.3) is 0 Å². The highest BCUT2D eigenvalue weighted by Gasteiger charge is 2.25. The van der Waals surface area contributed by atoms with E-state index in [9.17, 15) is 8.42 Å². The lowest BCUT2D eigenvalue weighted by atomic mass is 10.1. The molecule has 5 nitrogen and oxygen atoms in total. The van der Waals surface area contributed by atoms with Gasteiger partial charge in [0.05, 0.1) is 28.2 Å². The van der Waals surface area contributed by atoms with E-state index in [1.54, 1.807) is 19.9 Å². The van der Waals surface area contributed by atoms with Crippen molar-refractivity contribution < 1.29 is 8.42 Å². The fourth-order valence-corrected chi connectivity index (χ4v) is 3.94. The first-order valence-corrected chi connectivity index (χ1v) is 9.12. The van der Waals surface area contributed by atoms with Gasteiger partial charge in [-0.15, -0.1) is 11.6 Å². The van der Waals surface area contributed by atoms with Crippen LogP contribution in [0, 0.1) is 0 Å². The van der Waals surface area contributed by atoms with Crippen molar-refractivity contribution in [3.63, 3.8) is 0 Å². The molecule has 0 amide bonds. The maximum absolute atomic E-state index is 11.5. The van der Waals surface area contributed by atoms with Crippen molar-refractivity contribution in [1.29, 1.82) is 0 Å². The molecule has 8 heteroatoms. The lowest BCUT2D eigenvalue weighted by molar-refractivity contribution is 0.392. The third kappa shape index (κ3) is 3.88. The number of fused-ring (bicyclic) bond motifs is 1. The van der Waals surface area contributed by atoms with E-state index in [0.717, 1.165) is 17.3 Å². The summed E-state index contributed by atoms with van der Waals surface area (Å²) in [7, 11) is -3.32. The van der Waals surface area contributed by atoms with Gasteiger partial charge in [-0.25, -0.2) is 18.1 Å². The van der Waals surface area contributed by atoms with Gasteiger partial charge in [0.15, 0.2) is 0 Å². The van der Waals surface area contributed by atoms with Crippen LogP contribution in [0.15, 0.2) is 18.2 Å². The molecule has 1 aromatic heterocycles. The number of para-hydroxylation sites is 1. The predicted molar refractivity (Wildman–Crippen MR) is 86.4 cm³/mol. The highest BCUT2D eigenvalue weighted by atomic mass is 35.5. The highest BCUT2D eigenvalue weighted by Crippen LogP contribution is 2.27. The summed E-state index contributed by atoms with van der Waals surface area (Å²) < 4.78 is 27.4. The Hall–Kier alpha value is -0.820. The first kappa shape index (κ1) is 16.5. The normalized spacial score (nSPS) is 13.0. The summed E-state index contributed by atoms with van der Waals surface area (Å²) in [5.41, 5.74) is 0.813. The molecule has 0 bridgehead atoms. The quantitative estimate of drug-likeness (QED) is 0.844. The van der Waals surface area contributed by atoms with Crippen LogP contribution in [0.3, 0.4) is 0 Å². The Balaban J connectivity index is 2.50. The van der Waals surface area contributed by atoms with Crippen LogP contribution in [-0.4, -0.2) is 29.8 Å². The largest absolute Gasteiger partial charge is 0.324 e. The van der Waals surface area contributed by atoms with E-state index in [1.807, 2.05) is 16.7 Å². The molecule has 0 saturated carbocycles. The van der Waals surface area contributed by atoms with Crippen molar-refractivity contribution in [1.82, 2.24) is 14.3 Å². The summed E-state index contributed by atoms with van der Waals surface area (Å²) >= 11 is 12.2. The Morgan fingerprint density at radius 2 is 2.05 bits per heavy atom. The number of hydrogen-bond donors (Lipinski definition) is 1. The lowest BCUT2D eigenvalue weighted by Gasteiger charge is -2.26. The van der Waals surface area contributed by atoms with Crippen LogP contribution in [0.1, 0.15) is 19.7 Å². The molecule has 2 rings (SSSR count). The van der Waals surface area contributed by atoms with Gasteiger partial charge in [-0.05, 0) is 26.0 Å². The van der Waals surface area contributed by atoms with Gasteiger partial charge < -0.3 is 4.57 Å². The summed E-state index contributed by atoms with van der Waals surface area (Å²) in [6.45, 7) is 3.98. The van der Waals surface area contributed by atoms with Gasteiger partial charge in [-0.3, -0.25) is 0 Å². The molecule has 0 atom stereocenters. The second-order valence-corrected chi connectivity index (χ2v) is 8.04. The minimum Gasteiger partial charge on any atom is -0.324 e. The molecule has 1 heterocycles. The van der Waals surface area contributed by atoms with E-state index in [4.69, 9.17) is 23.2 Å². The standard InChI is InChI=1S/C13H17Cl2N3O2S/c1-13(2,17-21(3,19)20)8-18-11(7-14)16-10-6-4-5-9(15)12(10)18/h4-6,17H,7-8H2,1-3H3. The zero-order valence-corrected chi connectivity index (χ0v) is 14.3. The Morgan fingerprint density at radius 3 is 2.62 bits per heavy atom. The van der Waals surface area contributed by atoms with Crippen LogP contribution in [0.25, 0.3) is 11.0 Å². The van der Waals surface area contributed by atoms with Crippen LogP contribution >= 0.6 is 23.2 Å². The predicted octanol–water partition coefficient (Wildman–Crippen LogP) is 2.76. The number of sulfonamides is 1. The number of alkyl halides is 1. The number of nitrogens with one attached hydrogen (secondary N) is 1. The monoisotopic (exact) mass is 349 g/mol. The van der Waals surface area contributed by atoms with Crippen LogP contribution in [0.2, 0.25) is 5.02 Å². The van der Waals surface area contributed by atoms with Crippen LogP contribution in [0.5, 0.6) is 0 Å². The molecule has 1 N–H and O–H groups in total. The zero-order chi connectivity index (χ0) is 15.8. The number of aromatic nitrogens is 2. The summed E-state index contributed by atoms with van der Waals surface area (Å²) in [6.07, 6.45) is 1.14. The third-order valence-corrected chi connectivity index (χ3v) is 4.40. The average molecular weight is 350 g/mol. The smallest absolute Gasteiger partial charge is 0.209 e. The molecule has 0 aliphatic carbocycles. The summed E-state index contributed by atoms with van der Waals surface area (Å²) in [5, 5.41) is 0.562. The minimum absolute atomic E-state index is 0.222. The minimum atomic E-state index is -3.32. The fourth-order valence-electron chi connectivity index (χ4n) is 2.39. The average Bonchev–Trinajstić information content (AvgIpc) is 2.64. The van der Waals surface area contributed by atoms with Gasteiger partial charge in [0.1, 0.15) is 5.82 Å². The molecule has 0 unspecified atom stereocenters. The molecule has 0 aliphatic heterocycles. The van der Waals surface area contributed by atoms with Crippen molar-refractivity contribution >= 4 is 44.3 Å². The molecule has 0 spiro atoms. The van der Waals surface area contributed by atoms with Crippen molar-refractivity contribution in [3.05, 3.63) is 29.0 Å². The van der Waals surface area contributed by atoms with Crippen LogP contribution < -0.4 is 4.72 Å². The summed E-state index contributed by atoms with van der Waals surface area (Å²) in [4.78, 5) is 4.44. The van der Waals surface area contributed by atoms with E-state index in [1.165, 1.54) is 0 Å². The van der Waals surface area contributed by atoms with E-state index >= 15 is 0 Å². The molecule has 0 aliphatic rings. The Morgan fingerprint density at radius 1 is 1.38 bits per heavy atom. The topological polar surface area (TPSA) is 64.0 Å². The Bertz CT molecular complexity index is 769. The van der Waals surface area contributed by atoms with Crippen molar-refractivity contribution in [2.24, 2.45) is 0 Å². The van der Waals surface area contributed by atoms with Gasteiger partial charge in [0.2, 0.25) is 10.0 Å². The van der Waals surface area contributed by atoms with Crippen LogP contribution in [0.4, 0.5) is 0 Å². The molecule has 21 heavy (non-hydrogen) atoms. The number of rotatable bonds is 5. The van der Waals surface area contributed by atoms with Crippen molar-refractivity contribution in [3.8, 4) is 0 Å². The highest BCUT2D eigenvalue weighted by molar-refractivity contribution is 7.88. The number of nitrogens with zero attached hydrogens (tertiary/aromatic N) is 2. The fraction of sp³-hybridized carbons (Fsp3) is 0.462. The maximum Gasteiger partial charge on any atom is 0.209 e. The van der Waals surface area contributed by atoms with Gasteiger partial charge in [0, 0.05) is 12.1 Å². The van der Waals surface area contributed by atoms with Gasteiger partial charge in [-0.1, -0.05) is 17.7 Å². The van der Waals surface area contributed by atoms with Gasteiger partial charge in [-0.2, -0.15) is 0 Å². The lowest BCUT2D eigenvalue weighted by Crippen LogP contribution is -2.46. The Kier molecular flexibility index (Phi) is 4.54. The second-order valence-electron chi connectivity index (χ2n) is 5.61. The van der Waals surface area contributed by atoms with Crippen molar-refractivity contribution in [2.75, 3.05) is 6.26 Å². The van der Waals surface area contributed by atoms with Crippen molar-refractivity contribution in [2.45, 2.75) is 31.8 Å². The number of imidazole rings is 1. The molecular weight excluding hydrogens is 333 g/mol. The van der Waals surface area contributed by atoms with E-state index in [0.29, 0.717) is 17.4 Å². The molecule has 0 radical (unpaired) electrons. The maximum atomic E-state index is 11.5. The Labute approximate surface area is 134 Å². The third-order valence-electron chi connectivity index (χ3n) is 2.93. The van der Waals surface area contributed by atoms with E-state index in [2.05, 4.69) is 9.71 Å². The molecule has 116 valence electrons. The number of hydrogen-bond acceptors (Lipinski definition) is 3. The summed E-state index contributed by atoms with van der Waals surface area (Å²) in [6, 6.07) is 5.45. The first-order valence-electron chi connectivity index (χ1n) is 6.31. The van der Waals surface area contributed by atoms with E-state index in [-0.39, 0.29) is 5.88 Å². The zero-order valence-electron chi connectivity index (χ0n) is 12.0. The summed E-state index contributed by atoms with van der Waals surface area (Å²) in [5.74, 6) is 0.878. The first-order chi connectivity index (χ1) is 9.63. The second kappa shape index (κ2) is 5.76. The number of benzene rings is 1. The molecular formula is C13H17Cl2N3O2S. The molecule has 2 aromatic rings. The SMILES string of the molecule is CC(C)(Cn1c(CCl)nc2cccc(Cl)c21)NS(C)(=O)=O. The molecule has 1 aromatic carbocycles. The van der Waals surface area contributed by atoms with Crippen LogP contribution in [-0.2, 0) is 22.4 Å². The number of halogens is 2. The molecule has 0 fully saturated rings. The molecule has 0 saturated heterocycles. The van der Waals surface area contributed by atoms with E-state index < -0.39 is 15.6 Å². The van der Waals surface area contributed by atoms with Gasteiger partial charge >= 0.3 is 0 Å².